The molecule has 0 saturated carbocycles. The molecule has 0 amide bonds. The molecule has 1 aliphatic rings. The molecule has 112 valence electrons. The van der Waals surface area contributed by atoms with Crippen LogP contribution in [-0.4, -0.2) is 22.1 Å². The molecule has 0 aliphatic heterocycles. The largest absolute Gasteiger partial charge is 0.459 e. The fourth-order valence-corrected chi connectivity index (χ4v) is 3.13. The first-order chi connectivity index (χ1) is 10.8. The van der Waals surface area contributed by atoms with E-state index in [1.54, 1.807) is 12.3 Å². The number of benzene rings is 1. The lowest BCUT2D eigenvalue weighted by Crippen LogP contribution is -2.22. The summed E-state index contributed by atoms with van der Waals surface area (Å²) < 4.78 is 11.0. The van der Waals surface area contributed by atoms with Gasteiger partial charge in [0.1, 0.15) is 0 Å². The van der Waals surface area contributed by atoms with Crippen molar-refractivity contribution in [3.8, 4) is 11.7 Å². The fourth-order valence-electron chi connectivity index (χ4n) is 3.13. The molecule has 1 atom stereocenters. The Morgan fingerprint density at radius 2 is 2.09 bits per heavy atom. The molecule has 5 nitrogen and oxygen atoms in total. The number of hydrogen-bond acceptors (Lipinski definition) is 5. The number of furan rings is 1. The molecule has 0 fully saturated rings. The third-order valence-corrected chi connectivity index (χ3v) is 4.22. The summed E-state index contributed by atoms with van der Waals surface area (Å²) in [6.45, 7) is 0.632. The average Bonchev–Trinajstić information content (AvgIpc) is 3.27. The van der Waals surface area contributed by atoms with Gasteiger partial charge >= 0.3 is 0 Å². The van der Waals surface area contributed by atoms with Crippen LogP contribution in [0, 0.1) is 0 Å². The molecule has 3 aromatic rings. The van der Waals surface area contributed by atoms with Crippen LogP contribution in [0.3, 0.4) is 0 Å². The summed E-state index contributed by atoms with van der Waals surface area (Å²) in [6, 6.07) is 12.7. The zero-order chi connectivity index (χ0) is 14.9. The van der Waals surface area contributed by atoms with Gasteiger partial charge < -0.3 is 8.83 Å². The van der Waals surface area contributed by atoms with E-state index in [2.05, 4.69) is 46.4 Å². The molecule has 0 unspecified atom stereocenters. The Balaban J connectivity index is 1.50. The number of nitrogens with zero attached hydrogens (tertiary/aromatic N) is 3. The molecule has 4 rings (SSSR count). The number of hydrogen-bond donors (Lipinski definition) is 0. The number of aryl methyl sites for hydroxylation is 1. The summed E-state index contributed by atoms with van der Waals surface area (Å²) in [6.07, 6.45) is 3.86. The molecule has 1 aliphatic carbocycles. The monoisotopic (exact) mass is 295 g/mol. The first kappa shape index (κ1) is 13.3. The van der Waals surface area contributed by atoms with Crippen LogP contribution in [0.25, 0.3) is 11.7 Å². The van der Waals surface area contributed by atoms with Gasteiger partial charge in [-0.2, -0.15) is 0 Å². The summed E-state index contributed by atoms with van der Waals surface area (Å²) in [5.41, 5.74) is 2.86. The van der Waals surface area contributed by atoms with Gasteiger partial charge in [0.15, 0.2) is 5.76 Å². The van der Waals surface area contributed by atoms with E-state index in [0.29, 0.717) is 30.1 Å². The Hall–Kier alpha value is -2.40. The molecule has 0 saturated heterocycles. The van der Waals surface area contributed by atoms with Gasteiger partial charge in [-0.25, -0.2) is 0 Å². The molecule has 22 heavy (non-hydrogen) atoms. The summed E-state index contributed by atoms with van der Waals surface area (Å²) in [5.74, 6) is 1.64. The Labute approximate surface area is 128 Å². The summed E-state index contributed by atoms with van der Waals surface area (Å²) in [7, 11) is 2.10. The highest BCUT2D eigenvalue weighted by molar-refractivity contribution is 5.42. The van der Waals surface area contributed by atoms with Crippen LogP contribution in [0.1, 0.15) is 29.5 Å². The van der Waals surface area contributed by atoms with Crippen LogP contribution in [0.2, 0.25) is 0 Å². The predicted molar refractivity (Wildman–Crippen MR) is 81.0 cm³/mol. The highest BCUT2D eigenvalue weighted by atomic mass is 16.4. The van der Waals surface area contributed by atoms with E-state index >= 15 is 0 Å². The van der Waals surface area contributed by atoms with Crippen LogP contribution < -0.4 is 0 Å². The van der Waals surface area contributed by atoms with Crippen LogP contribution in [0.4, 0.5) is 0 Å². The molecule has 0 spiro atoms. The zero-order valence-corrected chi connectivity index (χ0v) is 12.4. The van der Waals surface area contributed by atoms with E-state index in [0.717, 1.165) is 12.8 Å². The maximum absolute atomic E-state index is 5.69. The summed E-state index contributed by atoms with van der Waals surface area (Å²) >= 11 is 0. The van der Waals surface area contributed by atoms with Crippen molar-refractivity contribution < 1.29 is 8.83 Å². The smallest absolute Gasteiger partial charge is 0.283 e. The summed E-state index contributed by atoms with van der Waals surface area (Å²) in [4.78, 5) is 2.27. The molecule has 0 N–H and O–H groups in total. The molecule has 0 bridgehead atoms. The van der Waals surface area contributed by atoms with Crippen molar-refractivity contribution in [2.45, 2.75) is 25.4 Å². The maximum atomic E-state index is 5.69. The van der Waals surface area contributed by atoms with Crippen molar-refractivity contribution in [1.82, 2.24) is 15.1 Å². The van der Waals surface area contributed by atoms with E-state index in [4.69, 9.17) is 8.83 Å². The Bertz CT molecular complexity index is 764. The second kappa shape index (κ2) is 5.42. The lowest BCUT2D eigenvalue weighted by molar-refractivity contribution is 0.214. The Morgan fingerprint density at radius 1 is 1.18 bits per heavy atom. The van der Waals surface area contributed by atoms with Gasteiger partial charge in [0.2, 0.25) is 5.89 Å². The minimum absolute atomic E-state index is 0.412. The third-order valence-electron chi connectivity index (χ3n) is 4.22. The van der Waals surface area contributed by atoms with E-state index in [-0.39, 0.29) is 0 Å². The second-order valence-electron chi connectivity index (χ2n) is 5.65. The molecule has 2 aromatic heterocycles. The number of fused-ring (bicyclic) bond motifs is 1. The van der Waals surface area contributed by atoms with Gasteiger partial charge in [-0.05, 0) is 43.1 Å². The van der Waals surface area contributed by atoms with Gasteiger partial charge in [-0.15, -0.1) is 10.2 Å². The van der Waals surface area contributed by atoms with Crippen molar-refractivity contribution >= 4 is 0 Å². The third kappa shape index (κ3) is 2.33. The van der Waals surface area contributed by atoms with Crippen molar-refractivity contribution in [3.05, 3.63) is 59.7 Å². The minimum Gasteiger partial charge on any atom is -0.459 e. The van der Waals surface area contributed by atoms with Gasteiger partial charge in [0, 0.05) is 6.04 Å². The average molecular weight is 295 g/mol. The van der Waals surface area contributed by atoms with Crippen molar-refractivity contribution in [3.63, 3.8) is 0 Å². The van der Waals surface area contributed by atoms with E-state index in [1.165, 1.54) is 11.1 Å². The van der Waals surface area contributed by atoms with E-state index in [1.807, 2.05) is 6.07 Å². The topological polar surface area (TPSA) is 55.3 Å². The van der Waals surface area contributed by atoms with Crippen LogP contribution in [0.15, 0.2) is 51.5 Å². The fraction of sp³-hybridized carbons (Fsp3) is 0.294. The lowest BCUT2D eigenvalue weighted by atomic mass is 10.1. The van der Waals surface area contributed by atoms with Gasteiger partial charge in [-0.3, -0.25) is 4.90 Å². The van der Waals surface area contributed by atoms with Crippen LogP contribution in [0.5, 0.6) is 0 Å². The molecular formula is C17H17N3O2. The van der Waals surface area contributed by atoms with Gasteiger partial charge in [-0.1, -0.05) is 24.3 Å². The van der Waals surface area contributed by atoms with Crippen molar-refractivity contribution in [2.24, 2.45) is 0 Å². The molecule has 1 aromatic carbocycles. The number of rotatable bonds is 4. The summed E-state index contributed by atoms with van der Waals surface area (Å²) in [5, 5.41) is 8.17. The molecule has 2 heterocycles. The first-order valence-corrected chi connectivity index (χ1v) is 7.45. The molecular weight excluding hydrogens is 278 g/mol. The number of aromatic nitrogens is 2. The predicted octanol–water partition coefficient (Wildman–Crippen LogP) is 3.45. The molecule has 5 heteroatoms. The van der Waals surface area contributed by atoms with Crippen molar-refractivity contribution in [1.29, 1.82) is 0 Å². The highest BCUT2D eigenvalue weighted by Gasteiger charge is 2.26. The normalized spacial score (nSPS) is 17.1. The SMILES string of the molecule is CN(Cc1nnc(-c2ccco2)o1)[C@H]1CCc2ccccc21. The first-order valence-electron chi connectivity index (χ1n) is 7.45. The quantitative estimate of drug-likeness (QED) is 0.738. The van der Waals surface area contributed by atoms with Crippen LogP contribution in [-0.2, 0) is 13.0 Å². The lowest BCUT2D eigenvalue weighted by Gasteiger charge is -2.23. The van der Waals surface area contributed by atoms with E-state index < -0.39 is 0 Å². The van der Waals surface area contributed by atoms with Crippen LogP contribution >= 0.6 is 0 Å². The van der Waals surface area contributed by atoms with E-state index in [9.17, 15) is 0 Å². The Kier molecular flexibility index (Phi) is 3.27. The zero-order valence-electron chi connectivity index (χ0n) is 12.4. The van der Waals surface area contributed by atoms with Gasteiger partial charge in [0.25, 0.3) is 5.89 Å². The standard InChI is InChI=1S/C17H17N3O2/c1-20(14-9-8-12-5-2-3-6-13(12)14)11-16-18-19-17(22-16)15-7-4-10-21-15/h2-7,10,14H,8-9,11H2,1H3/t14-/m0/s1. The minimum atomic E-state index is 0.412. The second-order valence-corrected chi connectivity index (χ2v) is 5.65. The Morgan fingerprint density at radius 3 is 2.95 bits per heavy atom. The molecule has 0 radical (unpaired) electrons. The van der Waals surface area contributed by atoms with Gasteiger partial charge in [0.05, 0.1) is 12.8 Å². The maximum Gasteiger partial charge on any atom is 0.283 e. The van der Waals surface area contributed by atoms with Crippen molar-refractivity contribution in [2.75, 3.05) is 7.05 Å². The highest BCUT2D eigenvalue weighted by Crippen LogP contribution is 2.35.